The molecule has 0 aliphatic heterocycles. The Balaban J connectivity index is 0.00000180. The van der Waals surface area contributed by atoms with E-state index in [1.807, 2.05) is 6.92 Å². The topological polar surface area (TPSA) is 90.0 Å². The van der Waals surface area contributed by atoms with Gasteiger partial charge >= 0.3 is 0 Å². The van der Waals surface area contributed by atoms with Crippen LogP contribution in [0.3, 0.4) is 0 Å². The molecule has 0 spiro atoms. The van der Waals surface area contributed by atoms with Crippen molar-refractivity contribution in [3.63, 3.8) is 0 Å². The monoisotopic (exact) mass is 308 g/mol. The third-order valence-corrected chi connectivity index (χ3v) is 4.60. The number of aromatic nitrogens is 2. The number of imidazole rings is 1. The first-order valence-electron chi connectivity index (χ1n) is 6.23. The molecule has 1 unspecified atom stereocenters. The smallest absolute Gasteiger partial charge is 0.259 e. The number of aryl methyl sites for hydroxylation is 2. The second-order valence-electron chi connectivity index (χ2n) is 4.77. The van der Waals surface area contributed by atoms with Gasteiger partial charge in [-0.2, -0.15) is 0 Å². The highest BCUT2D eigenvalue weighted by Crippen LogP contribution is 2.31. The molecule has 1 saturated carbocycles. The first kappa shape index (κ1) is 16.4. The molecule has 0 amide bonds. The average molecular weight is 309 g/mol. The molecule has 1 aliphatic rings. The van der Waals surface area contributed by atoms with Crippen molar-refractivity contribution in [2.45, 2.75) is 44.3 Å². The SMILES string of the molecule is CCn1cc(S(=O)(=O)NCC(N)C2CC2)nc1C.Cl. The van der Waals surface area contributed by atoms with Gasteiger partial charge in [-0.3, -0.25) is 0 Å². The molecule has 0 radical (unpaired) electrons. The Morgan fingerprint density at radius 2 is 2.21 bits per heavy atom. The predicted octanol–water partition coefficient (Wildman–Crippen LogP) is 0.649. The summed E-state index contributed by atoms with van der Waals surface area (Å²) in [7, 11) is -3.53. The summed E-state index contributed by atoms with van der Waals surface area (Å²) in [4.78, 5) is 4.06. The maximum atomic E-state index is 12.0. The number of nitrogens with two attached hydrogens (primary N) is 1. The summed E-state index contributed by atoms with van der Waals surface area (Å²) in [5, 5.41) is 0.0739. The van der Waals surface area contributed by atoms with Crippen LogP contribution in [-0.2, 0) is 16.6 Å². The number of nitrogens with zero attached hydrogens (tertiary/aromatic N) is 2. The lowest BCUT2D eigenvalue weighted by molar-refractivity contribution is 0.545. The van der Waals surface area contributed by atoms with Crippen molar-refractivity contribution < 1.29 is 8.42 Å². The zero-order valence-electron chi connectivity index (χ0n) is 11.2. The van der Waals surface area contributed by atoms with Crippen LogP contribution < -0.4 is 10.5 Å². The van der Waals surface area contributed by atoms with Gasteiger partial charge in [0.15, 0.2) is 5.03 Å². The average Bonchev–Trinajstić information content (AvgIpc) is 3.09. The van der Waals surface area contributed by atoms with E-state index < -0.39 is 10.0 Å². The van der Waals surface area contributed by atoms with Crippen LogP contribution >= 0.6 is 12.4 Å². The van der Waals surface area contributed by atoms with Gasteiger partial charge in [0.1, 0.15) is 5.82 Å². The van der Waals surface area contributed by atoms with Gasteiger partial charge in [-0.25, -0.2) is 18.1 Å². The van der Waals surface area contributed by atoms with E-state index in [0.717, 1.165) is 12.8 Å². The van der Waals surface area contributed by atoms with Crippen LogP contribution in [0.25, 0.3) is 0 Å². The Hall–Kier alpha value is -0.630. The molecular weight excluding hydrogens is 288 g/mol. The molecular formula is C11H21ClN4O2S. The van der Waals surface area contributed by atoms with Crippen molar-refractivity contribution in [1.29, 1.82) is 0 Å². The van der Waals surface area contributed by atoms with E-state index in [1.54, 1.807) is 17.7 Å². The Bertz CT molecular complexity index is 525. The lowest BCUT2D eigenvalue weighted by Crippen LogP contribution is -2.38. The standard InChI is InChI=1S/C11H20N4O2S.ClH/c1-3-15-7-11(14-8(15)2)18(16,17)13-6-10(12)9-4-5-9;/h7,9-10,13H,3-6,12H2,1-2H3;1H. The van der Waals surface area contributed by atoms with E-state index in [-0.39, 0.29) is 30.0 Å². The molecule has 110 valence electrons. The highest BCUT2D eigenvalue weighted by molar-refractivity contribution is 7.89. The van der Waals surface area contributed by atoms with Gasteiger partial charge in [-0.05, 0) is 32.6 Å². The maximum Gasteiger partial charge on any atom is 0.259 e. The second kappa shape index (κ2) is 6.21. The minimum atomic E-state index is -3.53. The molecule has 8 heteroatoms. The Kier molecular flexibility index (Phi) is 5.37. The molecule has 3 N–H and O–H groups in total. The van der Waals surface area contributed by atoms with Crippen LogP contribution in [-0.4, -0.2) is 30.6 Å². The number of sulfonamides is 1. The van der Waals surface area contributed by atoms with Gasteiger partial charge in [0.05, 0.1) is 0 Å². The van der Waals surface area contributed by atoms with E-state index >= 15 is 0 Å². The summed E-state index contributed by atoms with van der Waals surface area (Å²) in [5.41, 5.74) is 5.87. The Morgan fingerprint density at radius 1 is 1.58 bits per heavy atom. The summed E-state index contributed by atoms with van der Waals surface area (Å²) < 4.78 is 28.4. The van der Waals surface area contributed by atoms with E-state index in [1.165, 1.54) is 0 Å². The van der Waals surface area contributed by atoms with Crippen molar-refractivity contribution in [2.24, 2.45) is 11.7 Å². The van der Waals surface area contributed by atoms with E-state index in [0.29, 0.717) is 18.3 Å². The molecule has 1 aliphatic carbocycles. The van der Waals surface area contributed by atoms with Gasteiger partial charge in [0.2, 0.25) is 0 Å². The Labute approximate surface area is 120 Å². The third-order valence-electron chi connectivity index (χ3n) is 3.31. The molecule has 1 aromatic heterocycles. The van der Waals surface area contributed by atoms with Gasteiger partial charge in [0.25, 0.3) is 10.0 Å². The van der Waals surface area contributed by atoms with Crippen molar-refractivity contribution in [3.8, 4) is 0 Å². The lowest BCUT2D eigenvalue weighted by atomic mass is 10.2. The third kappa shape index (κ3) is 3.92. The summed E-state index contributed by atoms with van der Waals surface area (Å²) in [6, 6.07) is -0.0888. The highest BCUT2D eigenvalue weighted by atomic mass is 35.5. The van der Waals surface area contributed by atoms with E-state index in [9.17, 15) is 8.42 Å². The zero-order valence-corrected chi connectivity index (χ0v) is 12.8. The van der Waals surface area contributed by atoms with Crippen LogP contribution in [0.1, 0.15) is 25.6 Å². The number of hydrogen-bond donors (Lipinski definition) is 2. The first-order valence-corrected chi connectivity index (χ1v) is 7.71. The van der Waals surface area contributed by atoms with Gasteiger partial charge in [0, 0.05) is 25.3 Å². The lowest BCUT2D eigenvalue weighted by Gasteiger charge is -2.10. The fraction of sp³-hybridized carbons (Fsp3) is 0.727. The van der Waals surface area contributed by atoms with Crippen molar-refractivity contribution in [3.05, 3.63) is 12.0 Å². The summed E-state index contributed by atoms with van der Waals surface area (Å²) in [6.07, 6.45) is 3.76. The number of rotatable bonds is 6. The second-order valence-corrected chi connectivity index (χ2v) is 6.48. The first-order chi connectivity index (χ1) is 8.44. The molecule has 0 aromatic carbocycles. The molecule has 1 fully saturated rings. The minimum absolute atomic E-state index is 0. The van der Waals surface area contributed by atoms with Crippen LogP contribution in [0.4, 0.5) is 0 Å². The van der Waals surface area contributed by atoms with Crippen LogP contribution in [0.15, 0.2) is 11.2 Å². The van der Waals surface area contributed by atoms with Gasteiger partial charge in [-0.1, -0.05) is 0 Å². The predicted molar refractivity (Wildman–Crippen MR) is 75.8 cm³/mol. The molecule has 0 bridgehead atoms. The molecule has 1 atom stereocenters. The van der Waals surface area contributed by atoms with Crippen molar-refractivity contribution in [2.75, 3.05) is 6.54 Å². The molecule has 2 rings (SSSR count). The minimum Gasteiger partial charge on any atom is -0.334 e. The number of nitrogens with one attached hydrogen (secondary N) is 1. The van der Waals surface area contributed by atoms with Gasteiger partial charge in [-0.15, -0.1) is 12.4 Å². The summed E-state index contributed by atoms with van der Waals surface area (Å²) in [6.45, 7) is 4.72. The summed E-state index contributed by atoms with van der Waals surface area (Å²) in [5.74, 6) is 1.17. The molecule has 1 heterocycles. The number of hydrogen-bond acceptors (Lipinski definition) is 4. The van der Waals surface area contributed by atoms with E-state index in [4.69, 9.17) is 5.73 Å². The largest absolute Gasteiger partial charge is 0.334 e. The summed E-state index contributed by atoms with van der Waals surface area (Å²) >= 11 is 0. The normalized spacial score (nSPS) is 17.0. The van der Waals surface area contributed by atoms with Crippen LogP contribution in [0, 0.1) is 12.8 Å². The van der Waals surface area contributed by atoms with Crippen molar-refractivity contribution in [1.82, 2.24) is 14.3 Å². The molecule has 0 saturated heterocycles. The molecule has 19 heavy (non-hydrogen) atoms. The zero-order chi connectivity index (χ0) is 13.3. The van der Waals surface area contributed by atoms with Crippen LogP contribution in [0.5, 0.6) is 0 Å². The van der Waals surface area contributed by atoms with Crippen LogP contribution in [0.2, 0.25) is 0 Å². The fourth-order valence-electron chi connectivity index (χ4n) is 1.90. The number of halogens is 1. The fourth-order valence-corrected chi connectivity index (χ4v) is 2.98. The van der Waals surface area contributed by atoms with Gasteiger partial charge < -0.3 is 10.3 Å². The molecule has 6 nitrogen and oxygen atoms in total. The Morgan fingerprint density at radius 3 is 2.68 bits per heavy atom. The van der Waals surface area contributed by atoms with E-state index in [2.05, 4.69) is 9.71 Å². The maximum absolute atomic E-state index is 12.0. The quantitative estimate of drug-likeness (QED) is 0.807. The molecule has 1 aromatic rings. The van der Waals surface area contributed by atoms with Crippen molar-refractivity contribution >= 4 is 22.4 Å². The highest BCUT2D eigenvalue weighted by Gasteiger charge is 2.29.